The van der Waals surface area contributed by atoms with E-state index in [-0.39, 0.29) is 12.2 Å². The molecule has 2 aromatic rings. The number of benzene rings is 2. The Hall–Kier alpha value is -2.34. The van der Waals surface area contributed by atoms with Gasteiger partial charge < -0.3 is 15.4 Å². The molecule has 0 atom stereocenters. The monoisotopic (exact) mass is 326 g/mol. The summed E-state index contributed by atoms with van der Waals surface area (Å²) in [5.41, 5.74) is 0.830. The molecular weight excluding hydrogens is 314 g/mol. The molecule has 2 N–H and O–H groups in total. The molecule has 0 bridgehead atoms. The number of hydrogen-bond donors (Lipinski definition) is 2. The average Bonchev–Trinajstić information content (AvgIpc) is 2.46. The Morgan fingerprint density at radius 2 is 1.77 bits per heavy atom. The zero-order valence-corrected chi connectivity index (χ0v) is 12.4. The molecule has 2 rings (SSSR count). The number of urea groups is 1. The van der Waals surface area contributed by atoms with E-state index in [1.807, 2.05) is 0 Å². The number of ether oxygens (including phenoxy) is 1. The van der Waals surface area contributed by atoms with Crippen LogP contribution < -0.4 is 15.4 Å². The predicted molar refractivity (Wildman–Crippen MR) is 80.2 cm³/mol. The molecule has 22 heavy (non-hydrogen) atoms. The number of amides is 2. The summed E-state index contributed by atoms with van der Waals surface area (Å²) in [6.45, 7) is 0.254. The summed E-state index contributed by atoms with van der Waals surface area (Å²) in [7, 11) is 1.16. The van der Waals surface area contributed by atoms with Crippen LogP contribution in [0.5, 0.6) is 5.75 Å². The fraction of sp³-hybridized carbons (Fsp3) is 0.133. The number of carbonyl (C=O) groups excluding carboxylic acids is 1. The van der Waals surface area contributed by atoms with Crippen LogP contribution in [0.1, 0.15) is 5.56 Å². The summed E-state index contributed by atoms with van der Waals surface area (Å²) in [4.78, 5) is 11.7. The second-order valence-corrected chi connectivity index (χ2v) is 4.84. The minimum atomic E-state index is -0.893. The van der Waals surface area contributed by atoms with Crippen molar-refractivity contribution >= 4 is 23.3 Å². The summed E-state index contributed by atoms with van der Waals surface area (Å²) >= 11 is 5.76. The van der Waals surface area contributed by atoms with Crippen molar-refractivity contribution < 1.29 is 18.3 Å². The molecule has 0 aromatic heterocycles. The summed E-state index contributed by atoms with van der Waals surface area (Å²) in [5.74, 6) is -2.28. The highest BCUT2D eigenvalue weighted by atomic mass is 35.5. The highest BCUT2D eigenvalue weighted by molar-refractivity contribution is 6.30. The highest BCUT2D eigenvalue weighted by Crippen LogP contribution is 2.25. The van der Waals surface area contributed by atoms with Gasteiger partial charge in [0.1, 0.15) is 0 Å². The number of hydrogen-bond acceptors (Lipinski definition) is 2. The first-order valence-electron chi connectivity index (χ1n) is 6.32. The van der Waals surface area contributed by atoms with E-state index >= 15 is 0 Å². The van der Waals surface area contributed by atoms with Gasteiger partial charge in [0.2, 0.25) is 0 Å². The van der Waals surface area contributed by atoms with Gasteiger partial charge in [-0.1, -0.05) is 23.7 Å². The molecule has 0 heterocycles. The molecule has 0 spiro atoms. The third kappa shape index (κ3) is 4.08. The first-order chi connectivity index (χ1) is 10.5. The molecule has 0 unspecified atom stereocenters. The van der Waals surface area contributed by atoms with Gasteiger partial charge in [0, 0.05) is 29.4 Å². The van der Waals surface area contributed by atoms with Gasteiger partial charge in [0.25, 0.3) is 0 Å². The van der Waals surface area contributed by atoms with Crippen LogP contribution >= 0.6 is 11.6 Å². The summed E-state index contributed by atoms with van der Waals surface area (Å²) in [6.07, 6.45) is 0. The standard InChI is InChI=1S/C15H13ClF2N2O2/c1-22-14-12(17)6-11(7-13(14)18)20-15(21)19-8-9-2-4-10(16)5-3-9/h2-7H,8H2,1H3,(H2,19,20,21). The van der Waals surface area contributed by atoms with Gasteiger partial charge in [-0.05, 0) is 17.7 Å². The van der Waals surface area contributed by atoms with Crippen LogP contribution in [0.4, 0.5) is 19.3 Å². The van der Waals surface area contributed by atoms with Crippen LogP contribution in [-0.2, 0) is 6.54 Å². The Morgan fingerprint density at radius 1 is 1.18 bits per heavy atom. The molecule has 116 valence electrons. The maximum Gasteiger partial charge on any atom is 0.319 e. The molecule has 0 aliphatic heterocycles. The largest absolute Gasteiger partial charge is 0.491 e. The first kappa shape index (κ1) is 16.0. The van der Waals surface area contributed by atoms with E-state index in [4.69, 9.17) is 11.6 Å². The number of halogens is 3. The van der Waals surface area contributed by atoms with E-state index in [0.29, 0.717) is 5.02 Å². The van der Waals surface area contributed by atoms with Gasteiger partial charge in [-0.25, -0.2) is 13.6 Å². The molecule has 0 radical (unpaired) electrons. The zero-order chi connectivity index (χ0) is 16.1. The van der Waals surface area contributed by atoms with Crippen molar-refractivity contribution in [2.45, 2.75) is 6.54 Å². The topological polar surface area (TPSA) is 50.4 Å². The number of methoxy groups -OCH3 is 1. The molecule has 0 saturated carbocycles. The molecule has 0 fully saturated rings. The minimum Gasteiger partial charge on any atom is -0.491 e. The molecule has 2 amide bonds. The van der Waals surface area contributed by atoms with Crippen molar-refractivity contribution in [1.82, 2.24) is 5.32 Å². The van der Waals surface area contributed by atoms with Crippen molar-refractivity contribution in [2.24, 2.45) is 0 Å². The molecule has 7 heteroatoms. The summed E-state index contributed by atoms with van der Waals surface area (Å²) in [6, 6.07) is 8.28. The van der Waals surface area contributed by atoms with Crippen molar-refractivity contribution in [3.63, 3.8) is 0 Å². The Labute approximate surface area is 131 Å². The fourth-order valence-electron chi connectivity index (χ4n) is 1.79. The minimum absolute atomic E-state index is 0.00981. The summed E-state index contributed by atoms with van der Waals surface area (Å²) in [5, 5.41) is 5.50. The Morgan fingerprint density at radius 3 is 2.32 bits per heavy atom. The van der Waals surface area contributed by atoms with E-state index in [9.17, 15) is 13.6 Å². The van der Waals surface area contributed by atoms with Crippen LogP contribution in [-0.4, -0.2) is 13.1 Å². The average molecular weight is 327 g/mol. The predicted octanol–water partition coefficient (Wildman–Crippen LogP) is 3.95. The van der Waals surface area contributed by atoms with E-state index in [2.05, 4.69) is 15.4 Å². The van der Waals surface area contributed by atoms with Crippen molar-refractivity contribution in [1.29, 1.82) is 0 Å². The quantitative estimate of drug-likeness (QED) is 0.894. The number of anilines is 1. The van der Waals surface area contributed by atoms with E-state index in [0.717, 1.165) is 24.8 Å². The van der Waals surface area contributed by atoms with E-state index in [1.165, 1.54) is 0 Å². The van der Waals surface area contributed by atoms with Gasteiger partial charge in [0.15, 0.2) is 17.4 Å². The molecule has 4 nitrogen and oxygen atoms in total. The van der Waals surface area contributed by atoms with Crippen LogP contribution in [0.2, 0.25) is 5.02 Å². The lowest BCUT2D eigenvalue weighted by molar-refractivity contribution is 0.251. The SMILES string of the molecule is COc1c(F)cc(NC(=O)NCc2ccc(Cl)cc2)cc1F. The maximum absolute atomic E-state index is 13.5. The van der Waals surface area contributed by atoms with Gasteiger partial charge in [0.05, 0.1) is 7.11 Å². The van der Waals surface area contributed by atoms with E-state index < -0.39 is 23.4 Å². The second kappa shape index (κ2) is 7.09. The molecular formula is C15H13ClF2N2O2. The highest BCUT2D eigenvalue weighted by Gasteiger charge is 2.12. The Kier molecular flexibility index (Phi) is 5.16. The van der Waals surface area contributed by atoms with Gasteiger partial charge in [-0.2, -0.15) is 0 Å². The van der Waals surface area contributed by atoms with Crippen LogP contribution in [0.15, 0.2) is 36.4 Å². The first-order valence-corrected chi connectivity index (χ1v) is 6.69. The lowest BCUT2D eigenvalue weighted by atomic mass is 10.2. The third-order valence-electron chi connectivity index (χ3n) is 2.83. The van der Waals surface area contributed by atoms with Gasteiger partial charge in [-0.3, -0.25) is 0 Å². The fourth-order valence-corrected chi connectivity index (χ4v) is 1.91. The maximum atomic E-state index is 13.5. The smallest absolute Gasteiger partial charge is 0.319 e. The Bertz CT molecular complexity index is 655. The Balaban J connectivity index is 1.96. The molecule has 0 saturated heterocycles. The number of nitrogens with one attached hydrogen (secondary N) is 2. The molecule has 2 aromatic carbocycles. The zero-order valence-electron chi connectivity index (χ0n) is 11.6. The number of carbonyl (C=O) groups is 1. The van der Waals surface area contributed by atoms with Crippen LogP contribution in [0.3, 0.4) is 0 Å². The lowest BCUT2D eigenvalue weighted by Crippen LogP contribution is -2.28. The van der Waals surface area contributed by atoms with Gasteiger partial charge in [-0.15, -0.1) is 0 Å². The van der Waals surface area contributed by atoms with E-state index in [1.54, 1.807) is 24.3 Å². The summed E-state index contributed by atoms with van der Waals surface area (Å²) < 4.78 is 31.6. The normalized spacial score (nSPS) is 10.2. The van der Waals surface area contributed by atoms with Crippen LogP contribution in [0, 0.1) is 11.6 Å². The van der Waals surface area contributed by atoms with Crippen molar-refractivity contribution in [3.05, 3.63) is 58.6 Å². The third-order valence-corrected chi connectivity index (χ3v) is 3.08. The number of rotatable bonds is 4. The molecule has 0 aliphatic carbocycles. The molecule has 0 aliphatic rings. The lowest BCUT2D eigenvalue weighted by Gasteiger charge is -2.10. The van der Waals surface area contributed by atoms with Crippen molar-refractivity contribution in [2.75, 3.05) is 12.4 Å². The van der Waals surface area contributed by atoms with Crippen LogP contribution in [0.25, 0.3) is 0 Å². The second-order valence-electron chi connectivity index (χ2n) is 4.41. The van der Waals surface area contributed by atoms with Crippen molar-refractivity contribution in [3.8, 4) is 5.75 Å². The van der Waals surface area contributed by atoms with Gasteiger partial charge >= 0.3 is 6.03 Å².